The van der Waals surface area contributed by atoms with Crippen LogP contribution in [0, 0.1) is 0 Å². The maximum atomic E-state index is 14.3. The summed E-state index contributed by atoms with van der Waals surface area (Å²) in [6, 6.07) is 26.5. The molecule has 4 atom stereocenters. The highest BCUT2D eigenvalue weighted by molar-refractivity contribution is 7.88. The molecule has 0 aromatic heterocycles. The van der Waals surface area contributed by atoms with Gasteiger partial charge in [0.1, 0.15) is 12.1 Å². The molecule has 1 aliphatic heterocycles. The molecular formula is C37H49N5O5S. The van der Waals surface area contributed by atoms with E-state index in [0.717, 1.165) is 29.4 Å². The number of nitrogens with zero attached hydrogens (tertiary/aromatic N) is 2. The van der Waals surface area contributed by atoms with Gasteiger partial charge in [-0.3, -0.25) is 14.4 Å². The van der Waals surface area contributed by atoms with Crippen LogP contribution in [-0.2, 0) is 43.7 Å². The molecule has 48 heavy (non-hydrogen) atoms. The lowest BCUT2D eigenvalue weighted by Crippen LogP contribution is -2.56. The zero-order valence-electron chi connectivity index (χ0n) is 28.2. The number of amides is 3. The highest BCUT2D eigenvalue weighted by atomic mass is 32.2. The Kier molecular flexibility index (Phi) is 13.7. The molecule has 3 aromatic rings. The Hall–Kier alpha value is -4.06. The van der Waals surface area contributed by atoms with Crippen LogP contribution in [0.15, 0.2) is 91.0 Å². The van der Waals surface area contributed by atoms with Gasteiger partial charge in [0, 0.05) is 25.7 Å². The van der Waals surface area contributed by atoms with Crippen molar-refractivity contribution in [3.63, 3.8) is 0 Å². The molecule has 10 nitrogen and oxygen atoms in total. The van der Waals surface area contributed by atoms with E-state index in [2.05, 4.69) is 15.4 Å². The van der Waals surface area contributed by atoms with E-state index in [4.69, 9.17) is 0 Å². The van der Waals surface area contributed by atoms with Crippen molar-refractivity contribution in [2.24, 2.45) is 0 Å². The summed E-state index contributed by atoms with van der Waals surface area (Å²) in [7, 11) is -2.01. The van der Waals surface area contributed by atoms with Crippen molar-refractivity contribution in [2.45, 2.75) is 69.6 Å². The average Bonchev–Trinajstić information content (AvgIpc) is 3.56. The van der Waals surface area contributed by atoms with Crippen LogP contribution in [-0.4, -0.2) is 93.0 Å². The highest BCUT2D eigenvalue weighted by Gasteiger charge is 2.37. The zero-order valence-corrected chi connectivity index (χ0v) is 29.0. The molecule has 11 heteroatoms. The van der Waals surface area contributed by atoms with Crippen molar-refractivity contribution in [1.29, 1.82) is 0 Å². The first-order chi connectivity index (χ1) is 23.0. The molecule has 258 valence electrons. The maximum absolute atomic E-state index is 14.3. The quantitative estimate of drug-likeness (QED) is 0.202. The van der Waals surface area contributed by atoms with Crippen molar-refractivity contribution in [1.82, 2.24) is 25.2 Å². The van der Waals surface area contributed by atoms with Gasteiger partial charge >= 0.3 is 0 Å². The van der Waals surface area contributed by atoms with Gasteiger partial charge in [-0.05, 0) is 69.2 Å². The minimum atomic E-state index is -3.71. The van der Waals surface area contributed by atoms with Crippen LogP contribution in [0.4, 0.5) is 0 Å². The first kappa shape index (κ1) is 36.8. The smallest absolute Gasteiger partial charge is 0.245 e. The fourth-order valence-electron chi connectivity index (χ4n) is 6.12. The van der Waals surface area contributed by atoms with Crippen LogP contribution in [0.5, 0.6) is 0 Å². The summed E-state index contributed by atoms with van der Waals surface area (Å²) < 4.78 is 27.5. The molecule has 1 aliphatic rings. The molecule has 0 saturated carbocycles. The van der Waals surface area contributed by atoms with E-state index in [1.807, 2.05) is 91.0 Å². The van der Waals surface area contributed by atoms with Crippen LogP contribution in [0.25, 0.3) is 0 Å². The number of likely N-dealkylation sites (N-methyl/N-ethyl adjacent to an activating group) is 1. The van der Waals surface area contributed by atoms with Gasteiger partial charge in [-0.2, -0.15) is 0 Å². The van der Waals surface area contributed by atoms with Crippen LogP contribution in [0.2, 0.25) is 0 Å². The first-order valence-electron chi connectivity index (χ1n) is 16.7. The number of carbonyl (C=O) groups excluding carboxylic acids is 3. The van der Waals surface area contributed by atoms with Gasteiger partial charge in [-0.25, -0.2) is 13.1 Å². The number of sulfonamides is 1. The molecule has 0 unspecified atom stereocenters. The van der Waals surface area contributed by atoms with E-state index >= 15 is 0 Å². The Balaban J connectivity index is 1.58. The molecule has 0 aliphatic carbocycles. The SMILES string of the molecule is CN[C@@H](C)C(=O)N[C@@H](CCc1ccccc1)C(=O)N1CCC[C@H]1CN(CCc1ccccc1)C(=O)[C@@H](Cc1ccccc1)NS(C)(=O)=O. The van der Waals surface area contributed by atoms with Gasteiger partial charge in [-0.1, -0.05) is 91.0 Å². The molecule has 0 spiro atoms. The van der Waals surface area contributed by atoms with Crippen molar-refractivity contribution in [2.75, 3.05) is 32.9 Å². The third-order valence-corrected chi connectivity index (χ3v) is 9.57. The monoisotopic (exact) mass is 675 g/mol. The highest BCUT2D eigenvalue weighted by Crippen LogP contribution is 2.22. The molecule has 0 bridgehead atoms. The van der Waals surface area contributed by atoms with Crippen molar-refractivity contribution in [3.8, 4) is 0 Å². The first-order valence-corrected chi connectivity index (χ1v) is 18.6. The predicted octanol–water partition coefficient (Wildman–Crippen LogP) is 2.93. The molecule has 3 N–H and O–H groups in total. The second kappa shape index (κ2) is 17.9. The lowest BCUT2D eigenvalue weighted by atomic mass is 10.0. The number of benzene rings is 3. The summed E-state index contributed by atoms with van der Waals surface area (Å²) in [5.74, 6) is -0.762. The Morgan fingerprint density at radius 1 is 0.854 bits per heavy atom. The van der Waals surface area contributed by atoms with Gasteiger partial charge < -0.3 is 20.4 Å². The average molecular weight is 676 g/mol. The Labute approximate surface area is 285 Å². The van der Waals surface area contributed by atoms with Crippen molar-refractivity contribution >= 4 is 27.7 Å². The van der Waals surface area contributed by atoms with Gasteiger partial charge in [0.05, 0.1) is 12.3 Å². The predicted molar refractivity (Wildman–Crippen MR) is 189 cm³/mol. The molecular weight excluding hydrogens is 627 g/mol. The summed E-state index contributed by atoms with van der Waals surface area (Å²) >= 11 is 0. The van der Waals surface area contributed by atoms with Gasteiger partial charge in [-0.15, -0.1) is 0 Å². The Morgan fingerprint density at radius 3 is 1.98 bits per heavy atom. The standard InChI is InChI=1S/C37H49N5O5S/c1-28(38-2)35(43)39-33(22-21-29-14-7-4-8-15-29)37(45)42-24-13-20-32(42)27-41(25-23-30-16-9-5-10-17-30)36(44)34(40-48(3,46)47)26-31-18-11-6-12-19-31/h4-12,14-19,28,32-34,38,40H,13,20-27H2,1-3H3,(H,39,43)/t28-,32-,33-,34+/m0/s1. The van der Waals surface area contributed by atoms with Crippen molar-refractivity contribution < 1.29 is 22.8 Å². The van der Waals surface area contributed by atoms with E-state index in [1.165, 1.54) is 0 Å². The minimum absolute atomic E-state index is 0.171. The number of aryl methyl sites for hydroxylation is 1. The van der Waals surface area contributed by atoms with Gasteiger partial charge in [0.15, 0.2) is 0 Å². The molecule has 3 amide bonds. The van der Waals surface area contributed by atoms with Gasteiger partial charge in [0.25, 0.3) is 0 Å². The molecule has 0 radical (unpaired) electrons. The van der Waals surface area contributed by atoms with E-state index in [1.54, 1.807) is 23.8 Å². The van der Waals surface area contributed by atoms with E-state index in [-0.39, 0.29) is 36.7 Å². The van der Waals surface area contributed by atoms with E-state index < -0.39 is 28.1 Å². The van der Waals surface area contributed by atoms with E-state index in [0.29, 0.717) is 38.8 Å². The number of rotatable bonds is 17. The van der Waals surface area contributed by atoms with Crippen LogP contribution < -0.4 is 15.4 Å². The lowest BCUT2D eigenvalue weighted by Gasteiger charge is -2.35. The fraction of sp³-hybridized carbons (Fsp3) is 0.432. The third kappa shape index (κ3) is 11.3. The molecule has 4 rings (SSSR count). The molecule has 1 heterocycles. The number of likely N-dealkylation sites (tertiary alicyclic amines) is 1. The lowest BCUT2D eigenvalue weighted by molar-refractivity contribution is -0.140. The van der Waals surface area contributed by atoms with Crippen LogP contribution in [0.3, 0.4) is 0 Å². The number of carbonyl (C=O) groups is 3. The number of hydrogen-bond donors (Lipinski definition) is 3. The number of hydrogen-bond acceptors (Lipinski definition) is 6. The topological polar surface area (TPSA) is 128 Å². The third-order valence-electron chi connectivity index (χ3n) is 8.86. The van der Waals surface area contributed by atoms with Crippen LogP contribution >= 0.6 is 0 Å². The molecule has 3 aromatic carbocycles. The summed E-state index contributed by atoms with van der Waals surface area (Å²) in [5, 5.41) is 5.92. The molecule has 1 saturated heterocycles. The Bertz CT molecular complexity index is 1570. The largest absolute Gasteiger partial charge is 0.343 e. The Morgan fingerprint density at radius 2 is 1.42 bits per heavy atom. The van der Waals surface area contributed by atoms with Crippen LogP contribution in [0.1, 0.15) is 42.9 Å². The van der Waals surface area contributed by atoms with E-state index in [9.17, 15) is 22.8 Å². The molecule has 1 fully saturated rings. The number of nitrogens with one attached hydrogen (secondary N) is 3. The minimum Gasteiger partial charge on any atom is -0.343 e. The normalized spacial score (nSPS) is 16.6. The van der Waals surface area contributed by atoms with Crippen molar-refractivity contribution in [3.05, 3.63) is 108 Å². The maximum Gasteiger partial charge on any atom is 0.245 e. The second-order valence-corrected chi connectivity index (χ2v) is 14.4. The summed E-state index contributed by atoms with van der Waals surface area (Å²) in [6.07, 6.45) is 4.32. The van der Waals surface area contributed by atoms with Gasteiger partial charge in [0.2, 0.25) is 27.7 Å². The summed E-state index contributed by atoms with van der Waals surface area (Å²) in [5.41, 5.74) is 2.96. The summed E-state index contributed by atoms with van der Waals surface area (Å²) in [6.45, 7) is 2.87. The second-order valence-electron chi connectivity index (χ2n) is 12.6. The fourth-order valence-corrected chi connectivity index (χ4v) is 6.82. The zero-order chi connectivity index (χ0) is 34.5. The summed E-state index contributed by atoms with van der Waals surface area (Å²) in [4.78, 5) is 45.0.